The maximum absolute atomic E-state index is 14.4. The van der Waals surface area contributed by atoms with Crippen LogP contribution < -0.4 is 11.1 Å². The molecular formula is C41H57Cl3F2N8O6S2. The summed E-state index contributed by atoms with van der Waals surface area (Å²) in [6.07, 6.45) is 2.95. The van der Waals surface area contributed by atoms with Gasteiger partial charge in [-0.15, -0.1) is 12.4 Å². The van der Waals surface area contributed by atoms with Crippen molar-refractivity contribution in [2.75, 3.05) is 41.3 Å². The molecule has 2 aromatic carbocycles. The monoisotopic (exact) mass is 964 g/mol. The Morgan fingerprint density at radius 3 is 1.50 bits per heavy atom. The first-order valence-electron chi connectivity index (χ1n) is 19.0. The van der Waals surface area contributed by atoms with Crippen LogP contribution in [0.1, 0.15) is 65.8 Å². The van der Waals surface area contributed by atoms with Gasteiger partial charge in [0.1, 0.15) is 27.0 Å². The predicted octanol–water partition coefficient (Wildman–Crippen LogP) is 7.60. The molecule has 0 atom stereocenters. The largest absolute Gasteiger partial charge is 0.444 e. The number of hydrogen-bond acceptors (Lipinski definition) is 9. The molecule has 0 spiro atoms. The van der Waals surface area contributed by atoms with E-state index < -0.39 is 37.6 Å². The van der Waals surface area contributed by atoms with Gasteiger partial charge >= 0.3 is 6.09 Å². The van der Waals surface area contributed by atoms with Crippen LogP contribution in [0.4, 0.5) is 13.6 Å². The first-order valence-corrected chi connectivity index (χ1v) is 22.7. The maximum Gasteiger partial charge on any atom is 0.407 e. The van der Waals surface area contributed by atoms with Gasteiger partial charge in [0.25, 0.3) is 0 Å². The van der Waals surface area contributed by atoms with Crippen molar-refractivity contribution in [3.63, 3.8) is 0 Å². The Bertz CT molecular complexity index is 2500. The predicted molar refractivity (Wildman–Crippen MR) is 243 cm³/mol. The minimum Gasteiger partial charge on any atom is -0.444 e. The molecule has 0 radical (unpaired) electrons. The molecule has 0 aliphatic heterocycles. The number of nitrogens with zero attached hydrogens (tertiary/aromatic N) is 6. The van der Waals surface area contributed by atoms with E-state index in [-0.39, 0.29) is 64.2 Å². The number of aromatic nitrogens is 4. The average Bonchev–Trinajstić information content (AvgIpc) is 3.54. The summed E-state index contributed by atoms with van der Waals surface area (Å²) < 4.78 is 87.9. The fourth-order valence-electron chi connectivity index (χ4n) is 5.92. The van der Waals surface area contributed by atoms with Gasteiger partial charge in [-0.2, -0.15) is 10.2 Å². The summed E-state index contributed by atoms with van der Waals surface area (Å²) in [5.74, 6) is -0.787. The Balaban J connectivity index is 0.000000430. The van der Waals surface area contributed by atoms with Crippen LogP contribution in [0.15, 0.2) is 70.0 Å². The Morgan fingerprint density at radius 1 is 0.774 bits per heavy atom. The van der Waals surface area contributed by atoms with Gasteiger partial charge in [0.15, 0.2) is 0 Å². The minimum absolute atomic E-state index is 0. The molecular weight excluding hydrogens is 909 g/mol. The normalized spacial score (nSPS) is 12.6. The van der Waals surface area contributed by atoms with Crippen LogP contribution in [0, 0.1) is 27.7 Å². The molecule has 0 unspecified atom stereocenters. The summed E-state index contributed by atoms with van der Waals surface area (Å²) in [5, 5.41) is 11.6. The molecule has 2 aromatic heterocycles. The second-order valence-electron chi connectivity index (χ2n) is 15.5. The number of amides is 1. The first kappa shape index (κ1) is 54.3. The van der Waals surface area contributed by atoms with E-state index in [1.54, 1.807) is 54.4 Å². The van der Waals surface area contributed by atoms with Gasteiger partial charge < -0.3 is 15.8 Å². The number of carbonyl (C=O) groups excluding carboxylic acids is 1. The van der Waals surface area contributed by atoms with E-state index in [9.17, 15) is 30.4 Å². The first-order chi connectivity index (χ1) is 28.2. The number of ether oxygens (including phenoxy) is 1. The number of alkyl carbamates (subject to hydrolysis) is 1. The quantitative estimate of drug-likeness (QED) is 0.122. The third kappa shape index (κ3) is 14.6. The molecule has 4 aromatic rings. The highest BCUT2D eigenvalue weighted by atomic mass is 35.5. The number of sulfonamides is 2. The van der Waals surface area contributed by atoms with E-state index >= 15 is 0 Å². The summed E-state index contributed by atoms with van der Waals surface area (Å²) in [4.78, 5) is 11.8. The molecule has 0 fully saturated rings. The van der Waals surface area contributed by atoms with Crippen molar-refractivity contribution in [1.29, 1.82) is 0 Å². The standard InChI is InChI=1S/C23H32ClFN4O4S.C18H24ClFN4O2S.ClH/c1-15-19(12-17-8-9-21(20(24)13-17)34(31,32)28(6)7)16(2)29(27-15)14-18(25)10-11-26-22(30)33-23(3,4)5;1-12-16(13(2)24(22-12)11-15(20)7-8-21)9-14-5-6-18(17(19)10-14)27(25,26)23(3)4;/h8-10,13H,11-12,14H2,1-7H3,(H,26,30);5-7,10H,8-9,11,21H2,1-4H3;1H/b18-10-;15-7-;. The second kappa shape index (κ2) is 22.7. The van der Waals surface area contributed by atoms with Crippen molar-refractivity contribution < 1.29 is 35.1 Å². The molecule has 0 aliphatic rings. The lowest BCUT2D eigenvalue weighted by atomic mass is 10.0. The van der Waals surface area contributed by atoms with Crippen molar-refractivity contribution in [3.05, 3.63) is 115 Å². The number of halogens is 5. The van der Waals surface area contributed by atoms with Crippen molar-refractivity contribution in [3.8, 4) is 0 Å². The van der Waals surface area contributed by atoms with E-state index in [2.05, 4.69) is 15.5 Å². The van der Waals surface area contributed by atoms with Gasteiger partial charge in [-0.25, -0.2) is 39.0 Å². The third-order valence-corrected chi connectivity index (χ3v) is 13.8. The van der Waals surface area contributed by atoms with E-state index in [4.69, 9.17) is 33.7 Å². The number of benzene rings is 2. The number of rotatable bonds is 15. The Kier molecular flexibility index (Phi) is 19.8. The molecule has 0 saturated heterocycles. The Labute approximate surface area is 380 Å². The van der Waals surface area contributed by atoms with Gasteiger partial charge in [-0.3, -0.25) is 9.36 Å². The topological polar surface area (TPSA) is 175 Å². The van der Waals surface area contributed by atoms with Gasteiger partial charge in [-0.05, 0) is 96.0 Å². The van der Waals surface area contributed by atoms with E-state index in [0.717, 1.165) is 53.6 Å². The van der Waals surface area contributed by atoms with E-state index in [1.807, 2.05) is 27.7 Å². The molecule has 62 heavy (non-hydrogen) atoms. The lowest BCUT2D eigenvalue weighted by Gasteiger charge is -2.19. The second-order valence-corrected chi connectivity index (χ2v) is 20.5. The van der Waals surface area contributed by atoms with Crippen LogP contribution in [-0.2, 0) is 50.7 Å². The summed E-state index contributed by atoms with van der Waals surface area (Å²) in [6.45, 7) is 12.7. The van der Waals surface area contributed by atoms with Crippen molar-refractivity contribution in [2.24, 2.45) is 5.73 Å². The van der Waals surface area contributed by atoms with Gasteiger partial charge in [0, 0.05) is 76.6 Å². The summed E-state index contributed by atoms with van der Waals surface area (Å²) >= 11 is 12.5. The van der Waals surface area contributed by atoms with E-state index in [0.29, 0.717) is 12.8 Å². The van der Waals surface area contributed by atoms with Crippen LogP contribution in [-0.4, -0.2) is 98.0 Å². The molecule has 21 heteroatoms. The van der Waals surface area contributed by atoms with Gasteiger partial charge in [0.05, 0.1) is 34.5 Å². The zero-order valence-electron chi connectivity index (χ0n) is 36.8. The highest BCUT2D eigenvalue weighted by molar-refractivity contribution is 7.89. The molecule has 344 valence electrons. The molecule has 4 rings (SSSR count). The fourth-order valence-corrected chi connectivity index (χ4v) is 8.79. The summed E-state index contributed by atoms with van der Waals surface area (Å²) in [5.41, 5.74) is 11.4. The number of nitrogens with two attached hydrogens (primary N) is 1. The average molecular weight is 966 g/mol. The molecule has 14 nitrogen and oxygen atoms in total. The van der Waals surface area contributed by atoms with Crippen molar-refractivity contribution >= 4 is 61.7 Å². The zero-order valence-corrected chi connectivity index (χ0v) is 40.8. The molecule has 2 heterocycles. The Morgan fingerprint density at radius 2 is 1.16 bits per heavy atom. The highest BCUT2D eigenvalue weighted by Gasteiger charge is 2.23. The number of nitrogens with one attached hydrogen (secondary N) is 1. The van der Waals surface area contributed by atoms with E-state index in [1.165, 1.54) is 52.5 Å². The third-order valence-electron chi connectivity index (χ3n) is 9.24. The van der Waals surface area contributed by atoms with Crippen molar-refractivity contribution in [2.45, 2.75) is 89.8 Å². The number of aryl methyl sites for hydroxylation is 2. The summed E-state index contributed by atoms with van der Waals surface area (Å²) in [6, 6.07) is 9.70. The molecule has 3 N–H and O–H groups in total. The van der Waals surface area contributed by atoms with Crippen LogP contribution in [0.25, 0.3) is 0 Å². The molecule has 0 saturated carbocycles. The fraction of sp³-hybridized carbons (Fsp3) is 0.439. The summed E-state index contributed by atoms with van der Waals surface area (Å²) in [7, 11) is -1.44. The highest BCUT2D eigenvalue weighted by Crippen LogP contribution is 2.29. The maximum atomic E-state index is 14.4. The molecule has 0 aliphatic carbocycles. The SMILES string of the molecule is Cc1nn(C/C(F)=C/CN)c(C)c1Cc1ccc(S(=O)(=O)N(C)C)c(Cl)c1.Cc1nn(C/C(F)=C/CNC(=O)OC(C)(C)C)c(C)c1Cc1ccc(S(=O)(=O)N(C)C)c(Cl)c1.Cl. The Hall–Kier alpha value is -3.88. The smallest absolute Gasteiger partial charge is 0.407 e. The molecule has 1 amide bonds. The van der Waals surface area contributed by atoms with Crippen molar-refractivity contribution in [1.82, 2.24) is 33.5 Å². The number of hydrogen-bond donors (Lipinski definition) is 2. The van der Waals surface area contributed by atoms with Crippen LogP contribution in [0.5, 0.6) is 0 Å². The zero-order chi connectivity index (χ0) is 46.2. The molecule has 0 bridgehead atoms. The lowest BCUT2D eigenvalue weighted by Crippen LogP contribution is -2.32. The lowest BCUT2D eigenvalue weighted by molar-refractivity contribution is 0.0533. The van der Waals surface area contributed by atoms with Crippen LogP contribution in [0.3, 0.4) is 0 Å². The minimum atomic E-state index is -3.64. The number of carbonyl (C=O) groups is 1. The van der Waals surface area contributed by atoms with Crippen LogP contribution >= 0.6 is 35.6 Å². The van der Waals surface area contributed by atoms with Gasteiger partial charge in [-0.1, -0.05) is 35.3 Å². The number of allylic oxidation sites excluding steroid dienone is 2. The van der Waals surface area contributed by atoms with Crippen LogP contribution in [0.2, 0.25) is 10.0 Å². The van der Waals surface area contributed by atoms with Gasteiger partial charge in [0.2, 0.25) is 20.0 Å².